The van der Waals surface area contributed by atoms with Gasteiger partial charge in [0.05, 0.1) is 12.2 Å². The molecular formula is C16H26N2O4. The molecular weight excluding hydrogens is 284 g/mol. The molecule has 4 heterocycles. The maximum absolute atomic E-state index is 11.0. The van der Waals surface area contributed by atoms with Crippen molar-refractivity contribution < 1.29 is 19.1 Å². The van der Waals surface area contributed by atoms with Gasteiger partial charge in [-0.2, -0.15) is 0 Å². The Labute approximate surface area is 131 Å². The highest BCUT2D eigenvalue weighted by atomic mass is 16.5. The number of piperidine rings is 2. The molecule has 6 nitrogen and oxygen atoms in total. The highest BCUT2D eigenvalue weighted by molar-refractivity contribution is 5.81. The van der Waals surface area contributed by atoms with Gasteiger partial charge < -0.3 is 20.1 Å². The zero-order valence-electron chi connectivity index (χ0n) is 13.0. The number of nitrogens with one attached hydrogen (secondary N) is 2. The van der Waals surface area contributed by atoms with Crippen LogP contribution in [-0.4, -0.2) is 63.2 Å². The van der Waals surface area contributed by atoms with Gasteiger partial charge in [-0.3, -0.25) is 9.59 Å². The normalized spacial score (nSPS) is 38.4. The second-order valence-corrected chi connectivity index (χ2v) is 6.69. The number of ketones is 2. The fraction of sp³-hybridized carbons (Fsp3) is 0.875. The van der Waals surface area contributed by atoms with Crippen molar-refractivity contribution in [1.82, 2.24) is 10.6 Å². The lowest BCUT2D eigenvalue weighted by Crippen LogP contribution is -2.46. The van der Waals surface area contributed by atoms with E-state index in [1.54, 1.807) is 0 Å². The third kappa shape index (κ3) is 4.13. The van der Waals surface area contributed by atoms with Crippen molar-refractivity contribution in [2.24, 2.45) is 11.8 Å². The summed E-state index contributed by atoms with van der Waals surface area (Å²) in [6.45, 7) is 4.68. The minimum Gasteiger partial charge on any atom is -0.370 e. The minimum absolute atomic E-state index is 0.259. The number of ether oxygens (including phenoxy) is 2. The third-order valence-electron chi connectivity index (χ3n) is 4.97. The average molecular weight is 310 g/mol. The summed E-state index contributed by atoms with van der Waals surface area (Å²) in [6, 6.07) is 0. The van der Waals surface area contributed by atoms with Gasteiger partial charge in [-0.05, 0) is 25.9 Å². The summed E-state index contributed by atoms with van der Waals surface area (Å²) in [6.07, 6.45) is 4.29. The lowest BCUT2D eigenvalue weighted by Gasteiger charge is -2.34. The van der Waals surface area contributed by atoms with E-state index in [0.717, 1.165) is 51.9 Å². The van der Waals surface area contributed by atoms with Crippen molar-refractivity contribution in [3.8, 4) is 0 Å². The van der Waals surface area contributed by atoms with E-state index < -0.39 is 0 Å². The smallest absolute Gasteiger partial charge is 0.158 e. The molecule has 4 fully saturated rings. The Bertz CT molecular complexity index is 377. The first kappa shape index (κ1) is 16.1. The molecule has 0 aliphatic carbocycles. The van der Waals surface area contributed by atoms with Crippen molar-refractivity contribution in [2.45, 2.75) is 37.9 Å². The molecule has 0 aromatic carbocycles. The van der Waals surface area contributed by atoms with Gasteiger partial charge in [-0.15, -0.1) is 0 Å². The Morgan fingerprint density at radius 2 is 1.23 bits per heavy atom. The van der Waals surface area contributed by atoms with Gasteiger partial charge in [0, 0.05) is 37.8 Å². The van der Waals surface area contributed by atoms with E-state index in [9.17, 15) is 9.59 Å². The summed E-state index contributed by atoms with van der Waals surface area (Å²) in [7, 11) is 0. The number of hydrogen-bond donors (Lipinski definition) is 2. The first-order valence-electron chi connectivity index (χ1n) is 8.40. The van der Waals surface area contributed by atoms with Crippen LogP contribution in [0.25, 0.3) is 0 Å². The Morgan fingerprint density at radius 1 is 0.773 bits per heavy atom. The molecule has 124 valence electrons. The second-order valence-electron chi connectivity index (χ2n) is 6.69. The molecule has 0 spiro atoms. The van der Waals surface area contributed by atoms with Crippen molar-refractivity contribution in [2.75, 3.05) is 39.4 Å². The molecule has 4 aliphatic heterocycles. The molecule has 0 aromatic heterocycles. The van der Waals surface area contributed by atoms with Crippen LogP contribution in [0.4, 0.5) is 0 Å². The van der Waals surface area contributed by atoms with Crippen molar-refractivity contribution >= 4 is 11.6 Å². The molecule has 6 heteroatoms. The molecule has 0 saturated carbocycles. The van der Waals surface area contributed by atoms with Crippen molar-refractivity contribution in [3.63, 3.8) is 0 Å². The minimum atomic E-state index is 0.259. The zero-order valence-corrected chi connectivity index (χ0v) is 13.0. The molecule has 22 heavy (non-hydrogen) atoms. The van der Waals surface area contributed by atoms with E-state index in [0.29, 0.717) is 37.3 Å². The highest BCUT2D eigenvalue weighted by Crippen LogP contribution is 2.23. The van der Waals surface area contributed by atoms with Gasteiger partial charge in [0.25, 0.3) is 0 Å². The van der Waals surface area contributed by atoms with Gasteiger partial charge >= 0.3 is 0 Å². The van der Waals surface area contributed by atoms with Crippen LogP contribution in [0.1, 0.15) is 25.7 Å². The molecule has 2 N–H and O–H groups in total. The predicted molar refractivity (Wildman–Crippen MR) is 80.7 cm³/mol. The molecule has 4 saturated heterocycles. The number of fused-ring (bicyclic) bond motifs is 2. The van der Waals surface area contributed by atoms with E-state index >= 15 is 0 Å². The number of carbonyl (C=O) groups is 2. The highest BCUT2D eigenvalue weighted by Gasteiger charge is 2.32. The molecule has 4 rings (SSSR count). The van der Waals surface area contributed by atoms with Crippen LogP contribution in [0.15, 0.2) is 0 Å². The summed E-state index contributed by atoms with van der Waals surface area (Å²) < 4.78 is 10.8. The van der Waals surface area contributed by atoms with Crippen LogP contribution < -0.4 is 10.6 Å². The molecule has 0 amide bonds. The summed E-state index contributed by atoms with van der Waals surface area (Å²) in [5, 5.41) is 6.54. The Hall–Kier alpha value is -0.820. The maximum Gasteiger partial charge on any atom is 0.158 e. The summed E-state index contributed by atoms with van der Waals surface area (Å²) in [4.78, 5) is 21.9. The van der Waals surface area contributed by atoms with Crippen molar-refractivity contribution in [3.05, 3.63) is 0 Å². The van der Waals surface area contributed by atoms with Gasteiger partial charge in [-0.1, -0.05) is 0 Å². The fourth-order valence-corrected chi connectivity index (χ4v) is 3.75. The van der Waals surface area contributed by atoms with Crippen molar-refractivity contribution in [1.29, 1.82) is 0 Å². The van der Waals surface area contributed by atoms with E-state index in [-0.39, 0.29) is 11.6 Å². The van der Waals surface area contributed by atoms with Crippen LogP contribution in [0.5, 0.6) is 0 Å². The number of carbonyl (C=O) groups excluding carboxylic acids is 2. The lowest BCUT2D eigenvalue weighted by atomic mass is 9.89. The SMILES string of the molecule is O=C1CO[C@@H]2CCNC[C@@H]2C1.O=C1CO[C@H]2CCNC[C@H]2C1. The monoisotopic (exact) mass is 310 g/mol. The van der Waals surface area contributed by atoms with Crippen LogP contribution in [0, 0.1) is 11.8 Å². The van der Waals surface area contributed by atoms with E-state index in [2.05, 4.69) is 10.6 Å². The number of Topliss-reactive ketones (excluding diaryl/α,β-unsaturated/α-hetero) is 2. The van der Waals surface area contributed by atoms with Gasteiger partial charge in [0.2, 0.25) is 0 Å². The summed E-state index contributed by atoms with van der Waals surface area (Å²) in [5.74, 6) is 1.42. The van der Waals surface area contributed by atoms with Crippen LogP contribution >= 0.6 is 0 Å². The Balaban J connectivity index is 0.000000131. The Morgan fingerprint density at radius 3 is 1.68 bits per heavy atom. The van der Waals surface area contributed by atoms with Gasteiger partial charge in [0.15, 0.2) is 11.6 Å². The van der Waals surface area contributed by atoms with Gasteiger partial charge in [-0.25, -0.2) is 0 Å². The summed E-state index contributed by atoms with van der Waals surface area (Å²) >= 11 is 0. The van der Waals surface area contributed by atoms with Crippen LogP contribution in [-0.2, 0) is 19.1 Å². The molecule has 0 aromatic rings. The standard InChI is InChI=1S/2C8H13NO2/c2*10-7-3-6-4-9-2-1-8(6)11-5-7/h2*6,8-9H,1-5H2/t2*6-,8+/m10/s1. The fourth-order valence-electron chi connectivity index (χ4n) is 3.75. The van der Waals surface area contributed by atoms with Crippen LogP contribution in [0.3, 0.4) is 0 Å². The van der Waals surface area contributed by atoms with E-state index in [1.165, 1.54) is 0 Å². The maximum atomic E-state index is 11.0. The van der Waals surface area contributed by atoms with Crippen LogP contribution in [0.2, 0.25) is 0 Å². The zero-order chi connectivity index (χ0) is 15.4. The molecule has 4 atom stereocenters. The average Bonchev–Trinajstić information content (AvgIpc) is 2.55. The quantitative estimate of drug-likeness (QED) is 0.651. The molecule has 4 aliphatic rings. The summed E-state index contributed by atoms with van der Waals surface area (Å²) in [5.41, 5.74) is 0. The predicted octanol–water partition coefficient (Wildman–Crippen LogP) is -0.0922. The topological polar surface area (TPSA) is 76.7 Å². The Kier molecular flexibility index (Phi) is 5.57. The number of hydrogen-bond acceptors (Lipinski definition) is 6. The lowest BCUT2D eigenvalue weighted by molar-refractivity contribution is -0.138. The largest absolute Gasteiger partial charge is 0.370 e. The second kappa shape index (κ2) is 7.64. The third-order valence-corrected chi connectivity index (χ3v) is 4.97. The number of rotatable bonds is 0. The first-order valence-corrected chi connectivity index (χ1v) is 8.40. The van der Waals surface area contributed by atoms with E-state index in [1.807, 2.05) is 0 Å². The molecule has 0 radical (unpaired) electrons. The van der Waals surface area contributed by atoms with E-state index in [4.69, 9.17) is 9.47 Å². The molecule has 0 bridgehead atoms. The first-order chi connectivity index (χ1) is 10.7. The van der Waals surface area contributed by atoms with Gasteiger partial charge in [0.1, 0.15) is 13.2 Å². The molecule has 0 unspecified atom stereocenters.